The van der Waals surface area contributed by atoms with Crippen LogP contribution in [0.3, 0.4) is 0 Å². The molecule has 0 spiro atoms. The summed E-state index contributed by atoms with van der Waals surface area (Å²) in [4.78, 5) is 34.1. The SMILES string of the molecule is CN(c1nc2ccc([N+](=O)[O-])cc2[nH]1)C1CCN(C(=O)OC(C)(C)C)CC1. The van der Waals surface area contributed by atoms with Crippen LogP contribution in [-0.2, 0) is 4.74 Å². The van der Waals surface area contributed by atoms with E-state index < -0.39 is 10.5 Å². The van der Waals surface area contributed by atoms with Gasteiger partial charge in [0.1, 0.15) is 5.60 Å². The number of nitro benzene ring substituents is 1. The minimum atomic E-state index is -0.498. The third kappa shape index (κ3) is 4.29. The normalized spacial score (nSPS) is 15.8. The first kappa shape index (κ1) is 18.9. The maximum atomic E-state index is 12.2. The van der Waals surface area contributed by atoms with Crippen LogP contribution in [0.25, 0.3) is 11.0 Å². The molecule has 1 aromatic heterocycles. The molecule has 0 saturated carbocycles. The van der Waals surface area contributed by atoms with E-state index in [0.717, 1.165) is 12.8 Å². The summed E-state index contributed by atoms with van der Waals surface area (Å²) in [5.74, 6) is 0.668. The molecule has 27 heavy (non-hydrogen) atoms. The van der Waals surface area contributed by atoms with E-state index in [1.54, 1.807) is 11.0 Å². The first-order valence-electron chi connectivity index (χ1n) is 8.99. The molecule has 2 aromatic rings. The second kappa shape index (κ2) is 7.05. The number of nitrogens with zero attached hydrogens (tertiary/aromatic N) is 4. The van der Waals surface area contributed by atoms with E-state index in [2.05, 4.69) is 9.97 Å². The fourth-order valence-corrected chi connectivity index (χ4v) is 3.20. The van der Waals surface area contributed by atoms with Crippen molar-refractivity contribution < 1.29 is 14.5 Å². The van der Waals surface area contributed by atoms with E-state index in [4.69, 9.17) is 4.74 Å². The zero-order valence-corrected chi connectivity index (χ0v) is 16.1. The number of likely N-dealkylation sites (tertiary alicyclic amines) is 1. The summed E-state index contributed by atoms with van der Waals surface area (Å²) in [5, 5.41) is 10.9. The molecule has 1 saturated heterocycles. The van der Waals surface area contributed by atoms with Crippen molar-refractivity contribution in [3.05, 3.63) is 28.3 Å². The molecule has 1 aromatic carbocycles. The summed E-state index contributed by atoms with van der Waals surface area (Å²) in [6, 6.07) is 4.81. The number of fused-ring (bicyclic) bond motifs is 1. The molecule has 1 aliphatic heterocycles. The third-order valence-corrected chi connectivity index (χ3v) is 4.66. The second-order valence-electron chi connectivity index (χ2n) is 7.83. The van der Waals surface area contributed by atoms with Crippen LogP contribution in [0.5, 0.6) is 0 Å². The number of benzene rings is 1. The van der Waals surface area contributed by atoms with E-state index in [1.807, 2.05) is 32.7 Å². The number of hydrogen-bond acceptors (Lipinski definition) is 6. The van der Waals surface area contributed by atoms with Gasteiger partial charge in [-0.2, -0.15) is 0 Å². The zero-order valence-electron chi connectivity index (χ0n) is 16.1. The molecule has 0 aliphatic carbocycles. The number of H-pyrrole nitrogens is 1. The lowest BCUT2D eigenvalue weighted by atomic mass is 10.0. The summed E-state index contributed by atoms with van der Waals surface area (Å²) >= 11 is 0. The molecule has 1 N–H and O–H groups in total. The van der Waals surface area contributed by atoms with Gasteiger partial charge in [0.2, 0.25) is 5.95 Å². The Labute approximate surface area is 157 Å². The maximum Gasteiger partial charge on any atom is 0.410 e. The number of aromatic amines is 1. The van der Waals surface area contributed by atoms with Crippen LogP contribution in [0.1, 0.15) is 33.6 Å². The molecule has 146 valence electrons. The van der Waals surface area contributed by atoms with Gasteiger partial charge in [0, 0.05) is 38.3 Å². The van der Waals surface area contributed by atoms with Crippen molar-refractivity contribution in [2.75, 3.05) is 25.0 Å². The number of hydrogen-bond donors (Lipinski definition) is 1. The minimum absolute atomic E-state index is 0.0334. The highest BCUT2D eigenvalue weighted by Crippen LogP contribution is 2.25. The molecule has 0 bridgehead atoms. The Bertz CT molecular complexity index is 849. The number of carbonyl (C=O) groups is 1. The lowest BCUT2D eigenvalue weighted by molar-refractivity contribution is -0.384. The van der Waals surface area contributed by atoms with Gasteiger partial charge in [-0.15, -0.1) is 0 Å². The number of ether oxygens (including phenoxy) is 1. The number of nitro groups is 1. The molecular formula is C18H25N5O4. The fraction of sp³-hybridized carbons (Fsp3) is 0.556. The van der Waals surface area contributed by atoms with Crippen molar-refractivity contribution >= 4 is 28.8 Å². The molecule has 1 aliphatic rings. The van der Waals surface area contributed by atoms with Crippen molar-refractivity contribution in [2.24, 2.45) is 0 Å². The molecule has 9 nitrogen and oxygen atoms in total. The van der Waals surface area contributed by atoms with Crippen molar-refractivity contribution in [2.45, 2.75) is 45.3 Å². The number of imidazole rings is 1. The molecule has 2 heterocycles. The van der Waals surface area contributed by atoms with Crippen molar-refractivity contribution in [1.82, 2.24) is 14.9 Å². The molecular weight excluding hydrogens is 350 g/mol. The van der Waals surface area contributed by atoms with Crippen LogP contribution in [0.2, 0.25) is 0 Å². The molecule has 0 atom stereocenters. The van der Waals surface area contributed by atoms with Gasteiger partial charge in [-0.3, -0.25) is 10.1 Å². The van der Waals surface area contributed by atoms with Gasteiger partial charge in [-0.05, 0) is 39.7 Å². The molecule has 0 unspecified atom stereocenters. The van der Waals surface area contributed by atoms with Crippen LogP contribution >= 0.6 is 0 Å². The average Bonchev–Trinajstić information content (AvgIpc) is 3.02. The summed E-state index contributed by atoms with van der Waals surface area (Å²) in [7, 11) is 1.94. The van der Waals surface area contributed by atoms with Crippen LogP contribution in [-0.4, -0.2) is 57.7 Å². The fourth-order valence-electron chi connectivity index (χ4n) is 3.20. The Kier molecular flexibility index (Phi) is 4.95. The smallest absolute Gasteiger partial charge is 0.410 e. The number of piperidine rings is 1. The molecule has 0 radical (unpaired) electrons. The average molecular weight is 375 g/mol. The number of aromatic nitrogens is 2. The van der Waals surface area contributed by atoms with Gasteiger partial charge in [-0.1, -0.05) is 0 Å². The predicted molar refractivity (Wildman–Crippen MR) is 102 cm³/mol. The minimum Gasteiger partial charge on any atom is -0.444 e. The Morgan fingerprint density at radius 3 is 2.63 bits per heavy atom. The first-order chi connectivity index (χ1) is 12.6. The van der Waals surface area contributed by atoms with E-state index in [1.165, 1.54) is 12.1 Å². The number of non-ortho nitro benzene ring substituents is 1. The summed E-state index contributed by atoms with van der Waals surface area (Å²) < 4.78 is 5.43. The first-order valence-corrected chi connectivity index (χ1v) is 8.99. The number of anilines is 1. The summed E-state index contributed by atoms with van der Waals surface area (Å²) in [6.07, 6.45) is 1.32. The van der Waals surface area contributed by atoms with Gasteiger partial charge in [-0.25, -0.2) is 9.78 Å². The molecule has 1 amide bonds. The monoisotopic (exact) mass is 375 g/mol. The van der Waals surface area contributed by atoms with Gasteiger partial charge in [0.15, 0.2) is 0 Å². The number of carbonyl (C=O) groups excluding carboxylic acids is 1. The Morgan fingerprint density at radius 1 is 1.37 bits per heavy atom. The predicted octanol–water partition coefficient (Wildman–Crippen LogP) is 3.31. The Morgan fingerprint density at radius 2 is 2.04 bits per heavy atom. The van der Waals surface area contributed by atoms with Crippen LogP contribution < -0.4 is 4.90 Å². The number of nitrogens with one attached hydrogen (secondary N) is 1. The largest absolute Gasteiger partial charge is 0.444 e. The highest BCUT2D eigenvalue weighted by Gasteiger charge is 2.29. The number of rotatable bonds is 3. The topological polar surface area (TPSA) is 105 Å². The molecule has 9 heteroatoms. The van der Waals surface area contributed by atoms with E-state index >= 15 is 0 Å². The maximum absolute atomic E-state index is 12.2. The van der Waals surface area contributed by atoms with Gasteiger partial charge >= 0.3 is 6.09 Å². The van der Waals surface area contributed by atoms with Gasteiger partial charge in [0.05, 0.1) is 16.0 Å². The van der Waals surface area contributed by atoms with Crippen LogP contribution in [0.15, 0.2) is 18.2 Å². The number of amides is 1. The molecule has 1 fully saturated rings. The highest BCUT2D eigenvalue weighted by molar-refractivity contribution is 5.80. The summed E-state index contributed by atoms with van der Waals surface area (Å²) in [5.41, 5.74) is 0.860. The van der Waals surface area contributed by atoms with Gasteiger partial charge in [0.25, 0.3) is 5.69 Å². The quantitative estimate of drug-likeness (QED) is 0.652. The summed E-state index contributed by atoms with van der Waals surface area (Å²) in [6.45, 7) is 6.82. The second-order valence-corrected chi connectivity index (χ2v) is 7.83. The Balaban J connectivity index is 1.65. The van der Waals surface area contributed by atoms with Crippen molar-refractivity contribution in [3.63, 3.8) is 0 Å². The lowest BCUT2D eigenvalue weighted by Crippen LogP contribution is -2.47. The van der Waals surface area contributed by atoms with E-state index in [9.17, 15) is 14.9 Å². The van der Waals surface area contributed by atoms with E-state index in [0.29, 0.717) is 30.1 Å². The van der Waals surface area contributed by atoms with Crippen molar-refractivity contribution in [1.29, 1.82) is 0 Å². The zero-order chi connectivity index (χ0) is 19.8. The standard InChI is InChI=1S/C18H25N5O4/c1-18(2,3)27-17(24)22-9-7-12(8-10-22)21(4)16-19-14-6-5-13(23(25)26)11-15(14)20-16/h5-6,11-12H,7-10H2,1-4H3,(H,19,20). The lowest BCUT2D eigenvalue weighted by Gasteiger charge is -2.37. The van der Waals surface area contributed by atoms with Gasteiger partial charge < -0.3 is 19.5 Å². The highest BCUT2D eigenvalue weighted by atomic mass is 16.6. The van der Waals surface area contributed by atoms with Crippen molar-refractivity contribution in [3.8, 4) is 0 Å². The van der Waals surface area contributed by atoms with Crippen LogP contribution in [0.4, 0.5) is 16.4 Å². The van der Waals surface area contributed by atoms with E-state index in [-0.39, 0.29) is 17.8 Å². The Hall–Kier alpha value is -2.84. The third-order valence-electron chi connectivity index (χ3n) is 4.66. The van der Waals surface area contributed by atoms with Crippen LogP contribution in [0, 0.1) is 10.1 Å². The molecule has 3 rings (SSSR count).